The molecule has 1 aliphatic rings. The van der Waals surface area contributed by atoms with Crippen molar-refractivity contribution >= 4 is 11.9 Å². The van der Waals surface area contributed by atoms with Crippen LogP contribution in [0.1, 0.15) is 16.8 Å². The second-order valence-electron chi connectivity index (χ2n) is 4.67. The Balaban J connectivity index is 2.22. The molecule has 1 fully saturated rings. The summed E-state index contributed by atoms with van der Waals surface area (Å²) in [5.74, 6) is -1.94. The molecule has 1 atom stereocenters. The van der Waals surface area contributed by atoms with Gasteiger partial charge in [0.05, 0.1) is 32.8 Å². The van der Waals surface area contributed by atoms with Crippen LogP contribution in [0.5, 0.6) is 5.75 Å². The number of amides is 1. The van der Waals surface area contributed by atoms with Crippen LogP contribution in [-0.2, 0) is 9.53 Å². The fourth-order valence-electron chi connectivity index (χ4n) is 2.25. The summed E-state index contributed by atoms with van der Waals surface area (Å²) < 4.78 is 23.4. The van der Waals surface area contributed by atoms with E-state index >= 15 is 0 Å². The van der Waals surface area contributed by atoms with Crippen LogP contribution in [0.3, 0.4) is 0 Å². The molecule has 1 saturated heterocycles. The molecule has 0 bridgehead atoms. The third kappa shape index (κ3) is 3.49. The Morgan fingerprint density at radius 3 is 2.95 bits per heavy atom. The lowest BCUT2D eigenvalue weighted by Gasteiger charge is -2.34. The maximum absolute atomic E-state index is 13.4. The summed E-state index contributed by atoms with van der Waals surface area (Å²) in [6.07, 6.45) is -0.190. The monoisotopic (exact) mass is 297 g/mol. The second kappa shape index (κ2) is 6.53. The van der Waals surface area contributed by atoms with Crippen molar-refractivity contribution in [3.05, 3.63) is 29.6 Å². The first-order valence-electron chi connectivity index (χ1n) is 6.47. The van der Waals surface area contributed by atoms with Crippen molar-refractivity contribution in [3.8, 4) is 5.75 Å². The molecule has 0 unspecified atom stereocenters. The van der Waals surface area contributed by atoms with Crippen LogP contribution in [0.2, 0.25) is 0 Å². The van der Waals surface area contributed by atoms with E-state index in [2.05, 4.69) is 0 Å². The highest BCUT2D eigenvalue weighted by atomic mass is 19.1. The Morgan fingerprint density at radius 2 is 2.29 bits per heavy atom. The van der Waals surface area contributed by atoms with Gasteiger partial charge in [-0.05, 0) is 18.2 Å². The van der Waals surface area contributed by atoms with Crippen LogP contribution in [0.4, 0.5) is 4.39 Å². The van der Waals surface area contributed by atoms with Crippen molar-refractivity contribution in [1.82, 2.24) is 4.90 Å². The first-order valence-corrected chi connectivity index (χ1v) is 6.47. The van der Waals surface area contributed by atoms with Gasteiger partial charge in [0.15, 0.2) is 11.6 Å². The molecule has 1 N–H and O–H groups in total. The van der Waals surface area contributed by atoms with Gasteiger partial charge in [-0.15, -0.1) is 0 Å². The van der Waals surface area contributed by atoms with E-state index in [0.717, 1.165) is 6.07 Å². The van der Waals surface area contributed by atoms with E-state index < -0.39 is 17.8 Å². The Morgan fingerprint density at radius 1 is 1.52 bits per heavy atom. The Bertz CT molecular complexity index is 548. The minimum absolute atomic E-state index is 0.0242. The molecule has 1 heterocycles. The number of methoxy groups -OCH3 is 1. The Labute approximate surface area is 121 Å². The number of morpholine rings is 1. The number of benzene rings is 1. The molecule has 1 amide bonds. The van der Waals surface area contributed by atoms with Crippen LogP contribution >= 0.6 is 0 Å². The van der Waals surface area contributed by atoms with E-state index in [4.69, 9.17) is 14.6 Å². The summed E-state index contributed by atoms with van der Waals surface area (Å²) in [6, 6.07) is 3.29. The molecule has 0 aromatic heterocycles. The highest BCUT2D eigenvalue weighted by molar-refractivity contribution is 5.95. The predicted molar refractivity (Wildman–Crippen MR) is 70.8 cm³/mol. The molecule has 7 heteroatoms. The summed E-state index contributed by atoms with van der Waals surface area (Å²) in [7, 11) is 1.31. The van der Waals surface area contributed by atoms with Gasteiger partial charge in [0.1, 0.15) is 0 Å². The maximum atomic E-state index is 13.4. The number of nitrogens with zero attached hydrogens (tertiary/aromatic N) is 1. The van der Waals surface area contributed by atoms with Gasteiger partial charge in [0.25, 0.3) is 5.91 Å². The SMILES string of the molecule is COc1cc(C(=O)N2CCOC[C@@H]2CC(=O)O)ccc1F. The highest BCUT2D eigenvalue weighted by Crippen LogP contribution is 2.21. The normalized spacial score (nSPS) is 18.4. The molecule has 0 saturated carbocycles. The molecule has 0 radical (unpaired) electrons. The van der Waals surface area contributed by atoms with Gasteiger partial charge in [-0.1, -0.05) is 0 Å². The van der Waals surface area contributed by atoms with Crippen molar-refractivity contribution in [1.29, 1.82) is 0 Å². The predicted octanol–water partition coefficient (Wildman–Crippen LogP) is 1.15. The van der Waals surface area contributed by atoms with Gasteiger partial charge in [0.2, 0.25) is 0 Å². The topological polar surface area (TPSA) is 76.1 Å². The number of aliphatic carboxylic acids is 1. The quantitative estimate of drug-likeness (QED) is 0.902. The lowest BCUT2D eigenvalue weighted by atomic mass is 10.1. The lowest BCUT2D eigenvalue weighted by Crippen LogP contribution is -2.49. The average Bonchev–Trinajstić information content (AvgIpc) is 2.47. The third-order valence-electron chi connectivity index (χ3n) is 3.30. The van der Waals surface area contributed by atoms with Gasteiger partial charge in [0, 0.05) is 12.1 Å². The summed E-state index contributed by atoms with van der Waals surface area (Å²) in [5, 5.41) is 8.89. The number of carboxylic acids is 1. The lowest BCUT2D eigenvalue weighted by molar-refractivity contribution is -0.139. The number of carboxylic acid groups (broad SMARTS) is 1. The van der Waals surface area contributed by atoms with Crippen LogP contribution in [0.25, 0.3) is 0 Å². The maximum Gasteiger partial charge on any atom is 0.305 e. The van der Waals surface area contributed by atoms with Crippen LogP contribution in [0, 0.1) is 5.82 Å². The largest absolute Gasteiger partial charge is 0.494 e. The molecule has 1 aromatic rings. The number of rotatable bonds is 4. The van der Waals surface area contributed by atoms with Gasteiger partial charge in [-0.3, -0.25) is 9.59 Å². The number of ether oxygens (including phenoxy) is 2. The van der Waals surface area contributed by atoms with Crippen molar-refractivity contribution in [2.24, 2.45) is 0 Å². The van der Waals surface area contributed by atoms with E-state index in [0.29, 0.717) is 13.2 Å². The van der Waals surface area contributed by atoms with Crippen molar-refractivity contribution < 1.29 is 28.6 Å². The van der Waals surface area contributed by atoms with Crippen LogP contribution in [0.15, 0.2) is 18.2 Å². The molecule has 0 spiro atoms. The molecular formula is C14H16FNO5. The molecule has 1 aliphatic heterocycles. The molecule has 21 heavy (non-hydrogen) atoms. The van der Waals surface area contributed by atoms with Crippen molar-refractivity contribution in [2.45, 2.75) is 12.5 Å². The standard InChI is InChI=1S/C14H16FNO5/c1-20-12-6-9(2-3-11(12)15)14(19)16-4-5-21-8-10(16)7-13(17)18/h2-3,6,10H,4-5,7-8H2,1H3,(H,17,18)/t10-/m0/s1. The summed E-state index contributed by atoms with van der Waals surface area (Å²) in [4.78, 5) is 24.8. The van der Waals surface area contributed by atoms with Crippen LogP contribution < -0.4 is 4.74 Å². The summed E-state index contributed by atoms with van der Waals surface area (Å²) in [6.45, 7) is 0.826. The fraction of sp³-hybridized carbons (Fsp3) is 0.429. The molecule has 0 aliphatic carbocycles. The molecule has 1 aromatic carbocycles. The minimum atomic E-state index is -1.00. The van der Waals surface area contributed by atoms with E-state index in [1.807, 2.05) is 0 Å². The third-order valence-corrected chi connectivity index (χ3v) is 3.30. The van der Waals surface area contributed by atoms with Gasteiger partial charge >= 0.3 is 5.97 Å². The summed E-state index contributed by atoms with van der Waals surface area (Å²) in [5.41, 5.74) is 0.255. The average molecular weight is 297 g/mol. The highest BCUT2D eigenvalue weighted by Gasteiger charge is 2.30. The number of hydrogen-bond donors (Lipinski definition) is 1. The minimum Gasteiger partial charge on any atom is -0.494 e. The smallest absolute Gasteiger partial charge is 0.305 e. The fourth-order valence-corrected chi connectivity index (χ4v) is 2.25. The number of hydrogen-bond acceptors (Lipinski definition) is 4. The van der Waals surface area contributed by atoms with Crippen molar-refractivity contribution in [3.63, 3.8) is 0 Å². The Hall–Kier alpha value is -2.15. The second-order valence-corrected chi connectivity index (χ2v) is 4.67. The van der Waals surface area contributed by atoms with Crippen LogP contribution in [-0.4, -0.2) is 54.8 Å². The van der Waals surface area contributed by atoms with Crippen molar-refractivity contribution in [2.75, 3.05) is 26.9 Å². The number of carbonyl (C=O) groups is 2. The zero-order chi connectivity index (χ0) is 15.4. The van der Waals surface area contributed by atoms with E-state index in [-0.39, 0.29) is 30.2 Å². The van der Waals surface area contributed by atoms with E-state index in [1.165, 1.54) is 24.1 Å². The summed E-state index contributed by atoms with van der Waals surface area (Å²) >= 11 is 0. The molecular weight excluding hydrogens is 281 g/mol. The molecule has 6 nitrogen and oxygen atoms in total. The van der Waals surface area contributed by atoms with Gasteiger partial charge in [-0.2, -0.15) is 0 Å². The molecule has 114 valence electrons. The zero-order valence-electron chi connectivity index (χ0n) is 11.5. The van der Waals surface area contributed by atoms with Gasteiger partial charge in [-0.25, -0.2) is 4.39 Å². The first-order chi connectivity index (χ1) is 10.0. The van der Waals surface area contributed by atoms with E-state index in [9.17, 15) is 14.0 Å². The number of carbonyl (C=O) groups excluding carboxylic acids is 1. The van der Waals surface area contributed by atoms with Gasteiger partial charge < -0.3 is 19.5 Å². The number of halogens is 1. The molecule has 2 rings (SSSR count). The van der Waals surface area contributed by atoms with E-state index in [1.54, 1.807) is 0 Å². The Kier molecular flexibility index (Phi) is 4.74. The zero-order valence-corrected chi connectivity index (χ0v) is 11.5. The first kappa shape index (κ1) is 15.2.